The first-order chi connectivity index (χ1) is 11.3. The summed E-state index contributed by atoms with van der Waals surface area (Å²) in [5.41, 5.74) is 0. The van der Waals surface area contributed by atoms with Gasteiger partial charge in [0.05, 0.1) is 19.7 Å². The molecule has 0 saturated heterocycles. The average molecular weight is 378 g/mol. The van der Waals surface area contributed by atoms with E-state index >= 15 is 0 Å². The molecule has 0 aliphatic rings. The molecule has 2 unspecified atom stereocenters. The van der Waals surface area contributed by atoms with Gasteiger partial charge < -0.3 is 9.13 Å². The van der Waals surface area contributed by atoms with Crippen LogP contribution in [-0.2, 0) is 9.13 Å². The Morgan fingerprint density at radius 3 is 1.29 bits per heavy atom. The summed E-state index contributed by atoms with van der Waals surface area (Å²) >= 11 is 0. The molecule has 0 spiro atoms. The largest absolute Gasteiger partial charge is 0.323 e. The highest BCUT2D eigenvalue weighted by Gasteiger charge is 2.44. The number of hydrogen-bond acceptors (Lipinski definition) is 2. The first kappa shape index (κ1) is 24.5. The molecule has 145 valence electrons. The van der Waals surface area contributed by atoms with Gasteiger partial charge in [0.1, 0.15) is 0 Å². The van der Waals surface area contributed by atoms with Gasteiger partial charge in [-0.05, 0) is 31.1 Å². The van der Waals surface area contributed by atoms with E-state index in [1.165, 1.54) is 25.7 Å². The highest BCUT2D eigenvalue weighted by atomic mass is 31.2. The van der Waals surface area contributed by atoms with Gasteiger partial charge in [-0.1, -0.05) is 80.1 Å². The summed E-state index contributed by atoms with van der Waals surface area (Å²) in [5, 5.41) is -0.122. The van der Waals surface area contributed by atoms with Crippen molar-refractivity contribution in [3.63, 3.8) is 0 Å². The van der Waals surface area contributed by atoms with Gasteiger partial charge in [0.25, 0.3) is 0 Å². The van der Waals surface area contributed by atoms with Crippen molar-refractivity contribution in [2.45, 2.75) is 98.3 Å². The predicted octanol–water partition coefficient (Wildman–Crippen LogP) is 7.85. The van der Waals surface area contributed by atoms with Crippen LogP contribution in [0.5, 0.6) is 0 Å². The summed E-state index contributed by atoms with van der Waals surface area (Å²) in [6.45, 7) is 12.6. The molecule has 1 radical (unpaired) electrons. The number of unbranched alkanes of at least 4 members (excludes halogenated alkanes) is 6. The molecule has 4 heteroatoms. The van der Waals surface area contributed by atoms with Gasteiger partial charge in [-0.3, -0.25) is 0 Å². The van der Waals surface area contributed by atoms with E-state index in [1.54, 1.807) is 0 Å². The molecule has 0 N–H and O–H groups in total. The van der Waals surface area contributed by atoms with Crippen LogP contribution >= 0.6 is 14.3 Å². The Balaban J connectivity index is 5.21. The van der Waals surface area contributed by atoms with Crippen LogP contribution in [-0.4, -0.2) is 30.0 Å². The van der Waals surface area contributed by atoms with Crippen LogP contribution in [0.15, 0.2) is 0 Å². The zero-order valence-electron chi connectivity index (χ0n) is 17.3. The van der Waals surface area contributed by atoms with E-state index in [1.807, 2.05) is 13.8 Å². The second-order valence-electron chi connectivity index (χ2n) is 7.56. The van der Waals surface area contributed by atoms with Crippen LogP contribution in [0.3, 0.4) is 0 Å². The Morgan fingerprint density at radius 1 is 0.667 bits per heavy atom. The molecule has 0 amide bonds. The fourth-order valence-corrected chi connectivity index (χ4v) is 13.8. The molecule has 2 nitrogen and oxygen atoms in total. The van der Waals surface area contributed by atoms with Crippen LogP contribution in [0.25, 0.3) is 0 Å². The third-order valence-electron chi connectivity index (χ3n) is 5.26. The highest BCUT2D eigenvalue weighted by molar-refractivity contribution is 7.82. The molecule has 2 atom stereocenters. The Labute approximate surface area is 152 Å². The lowest BCUT2D eigenvalue weighted by Gasteiger charge is -2.36. The maximum atomic E-state index is 13.8. The van der Waals surface area contributed by atoms with Crippen LogP contribution in [0.4, 0.5) is 0 Å². The molecule has 0 aromatic carbocycles. The average Bonchev–Trinajstić information content (AvgIpc) is 2.55. The minimum Gasteiger partial charge on any atom is -0.323 e. The van der Waals surface area contributed by atoms with Gasteiger partial charge in [0, 0.05) is 12.3 Å². The van der Waals surface area contributed by atoms with Crippen LogP contribution in [0, 0.1) is 5.92 Å². The molecular weight excluding hydrogens is 334 g/mol. The molecule has 0 aliphatic heterocycles. The van der Waals surface area contributed by atoms with Gasteiger partial charge in [-0.25, -0.2) is 0 Å². The highest BCUT2D eigenvalue weighted by Crippen LogP contribution is 2.71. The third-order valence-corrected chi connectivity index (χ3v) is 14.9. The first-order valence-electron chi connectivity index (χ1n) is 10.3. The van der Waals surface area contributed by atoms with Gasteiger partial charge in [0.2, 0.25) is 0 Å². The minimum atomic E-state index is -2.40. The van der Waals surface area contributed by atoms with E-state index in [-0.39, 0.29) is 5.40 Å². The third kappa shape index (κ3) is 7.78. The van der Waals surface area contributed by atoms with Crippen molar-refractivity contribution in [1.29, 1.82) is 0 Å². The molecule has 24 heavy (non-hydrogen) atoms. The number of rotatable bonds is 15. The standard InChI is InChI=1S/C20H43O2P2/c1-7-11-13-15-17-23(21,9-3)20(19(5)6)24(22,10-4)18-16-14-12-8-2/h20H,7-18H2,1-6H3. The quantitative estimate of drug-likeness (QED) is 0.215. The summed E-state index contributed by atoms with van der Waals surface area (Å²) in [5.74, 6) is 1.15. The van der Waals surface area contributed by atoms with E-state index in [9.17, 15) is 9.13 Å². The molecule has 0 aliphatic carbocycles. The smallest absolute Gasteiger partial charge is 0.0979 e. The SMILES string of the molecule is CCCCCCP(=O)(CC)C([C](C)C)P(=O)(CC)CCCCCC. The lowest BCUT2D eigenvalue weighted by atomic mass is 10.2. The fourth-order valence-electron chi connectivity index (χ4n) is 3.84. The fraction of sp³-hybridized carbons (Fsp3) is 0.950. The summed E-state index contributed by atoms with van der Waals surface area (Å²) in [4.78, 5) is 0. The Morgan fingerprint density at radius 2 is 1.04 bits per heavy atom. The molecule has 0 aromatic rings. The van der Waals surface area contributed by atoms with Crippen molar-refractivity contribution in [2.75, 3.05) is 24.6 Å². The van der Waals surface area contributed by atoms with Gasteiger partial charge >= 0.3 is 0 Å². The molecule has 0 heterocycles. The van der Waals surface area contributed by atoms with E-state index < -0.39 is 14.3 Å². The molecule has 0 rings (SSSR count). The minimum absolute atomic E-state index is 0.122. The van der Waals surface area contributed by atoms with Crippen LogP contribution in [0.2, 0.25) is 0 Å². The predicted molar refractivity (Wildman–Crippen MR) is 113 cm³/mol. The van der Waals surface area contributed by atoms with Crippen molar-refractivity contribution in [2.24, 2.45) is 0 Å². The van der Waals surface area contributed by atoms with Crippen LogP contribution < -0.4 is 0 Å². The first-order valence-corrected chi connectivity index (χ1v) is 14.6. The lowest BCUT2D eigenvalue weighted by Crippen LogP contribution is -2.21. The summed E-state index contributed by atoms with van der Waals surface area (Å²) < 4.78 is 27.6. The van der Waals surface area contributed by atoms with Crippen molar-refractivity contribution >= 4 is 14.3 Å². The molecule has 0 aromatic heterocycles. The van der Waals surface area contributed by atoms with E-state index in [0.29, 0.717) is 12.3 Å². The zero-order valence-corrected chi connectivity index (χ0v) is 19.1. The van der Waals surface area contributed by atoms with Crippen molar-refractivity contribution in [3.8, 4) is 0 Å². The normalized spacial score (nSPS) is 18.3. The molecule has 0 bridgehead atoms. The van der Waals surface area contributed by atoms with Gasteiger partial charge in [-0.15, -0.1) is 0 Å². The number of hydrogen-bond donors (Lipinski definition) is 0. The van der Waals surface area contributed by atoms with Crippen molar-refractivity contribution in [3.05, 3.63) is 5.92 Å². The topological polar surface area (TPSA) is 34.1 Å². The molecule has 0 fully saturated rings. The summed E-state index contributed by atoms with van der Waals surface area (Å²) in [6, 6.07) is 0. The zero-order chi connectivity index (χ0) is 18.6. The van der Waals surface area contributed by atoms with Gasteiger partial charge in [0.15, 0.2) is 0 Å². The summed E-state index contributed by atoms with van der Waals surface area (Å²) in [7, 11) is -4.80. The second-order valence-corrected chi connectivity index (χ2v) is 15.0. The van der Waals surface area contributed by atoms with Crippen LogP contribution in [0.1, 0.15) is 92.9 Å². The monoisotopic (exact) mass is 377 g/mol. The van der Waals surface area contributed by atoms with Crippen molar-refractivity contribution < 1.29 is 9.13 Å². The molecular formula is C20H43O2P2. The summed E-state index contributed by atoms with van der Waals surface area (Å²) in [6.07, 6.45) is 12.2. The van der Waals surface area contributed by atoms with E-state index in [4.69, 9.17) is 0 Å². The Kier molecular flexibility index (Phi) is 13.0. The maximum absolute atomic E-state index is 13.8. The second kappa shape index (κ2) is 12.8. The maximum Gasteiger partial charge on any atom is 0.0979 e. The molecule has 0 saturated carbocycles. The Bertz CT molecular complexity index is 370. The van der Waals surface area contributed by atoms with Crippen molar-refractivity contribution in [1.82, 2.24) is 0 Å². The Hall–Kier alpha value is 0.460. The van der Waals surface area contributed by atoms with Gasteiger partial charge in [-0.2, -0.15) is 0 Å². The lowest BCUT2D eigenvalue weighted by molar-refractivity contribution is 0.554. The van der Waals surface area contributed by atoms with E-state index in [2.05, 4.69) is 27.7 Å². The van der Waals surface area contributed by atoms with E-state index in [0.717, 1.165) is 43.9 Å².